The van der Waals surface area contributed by atoms with Crippen LogP contribution in [0.5, 0.6) is 5.75 Å². The van der Waals surface area contributed by atoms with Gasteiger partial charge in [0.2, 0.25) is 0 Å². The molecule has 0 radical (unpaired) electrons. The summed E-state index contributed by atoms with van der Waals surface area (Å²) in [7, 11) is 0. The zero-order valence-corrected chi connectivity index (χ0v) is 13.7. The van der Waals surface area contributed by atoms with Crippen LogP contribution in [0.3, 0.4) is 0 Å². The molecule has 0 aromatic heterocycles. The first-order valence-electron chi connectivity index (χ1n) is 7.16. The predicted octanol–water partition coefficient (Wildman–Crippen LogP) is 4.03. The number of anilines is 1. The Bertz CT molecular complexity index is 657. The van der Waals surface area contributed by atoms with E-state index in [0.717, 1.165) is 23.4 Å². The van der Waals surface area contributed by atoms with E-state index in [4.69, 9.17) is 17.0 Å². The third-order valence-corrected chi connectivity index (χ3v) is 3.32. The molecule has 6 heteroatoms. The highest BCUT2D eigenvalue weighted by Gasteiger charge is 2.11. The van der Waals surface area contributed by atoms with E-state index in [-0.39, 0.29) is 16.8 Å². The van der Waals surface area contributed by atoms with Crippen LogP contribution in [0, 0.1) is 18.6 Å². The quantitative estimate of drug-likeness (QED) is 0.808. The summed E-state index contributed by atoms with van der Waals surface area (Å²) in [5.74, 6) is -0.640. The van der Waals surface area contributed by atoms with Crippen molar-refractivity contribution in [2.45, 2.75) is 19.9 Å². The molecular weight excluding hydrogens is 318 g/mol. The van der Waals surface area contributed by atoms with E-state index in [1.54, 1.807) is 0 Å². The third-order valence-electron chi connectivity index (χ3n) is 3.10. The summed E-state index contributed by atoms with van der Waals surface area (Å²) >= 11 is 5.07. The van der Waals surface area contributed by atoms with Gasteiger partial charge in [-0.15, -0.1) is 0 Å². The van der Waals surface area contributed by atoms with Crippen molar-refractivity contribution in [3.05, 3.63) is 59.7 Å². The lowest BCUT2D eigenvalue weighted by Gasteiger charge is -2.18. The van der Waals surface area contributed by atoms with Crippen molar-refractivity contribution >= 4 is 23.0 Å². The van der Waals surface area contributed by atoms with E-state index in [2.05, 4.69) is 10.6 Å². The maximum Gasteiger partial charge on any atom is 0.171 e. The Morgan fingerprint density at radius 2 is 1.74 bits per heavy atom. The molecule has 0 saturated carbocycles. The van der Waals surface area contributed by atoms with E-state index in [9.17, 15) is 8.78 Å². The summed E-state index contributed by atoms with van der Waals surface area (Å²) in [5, 5.41) is 5.59. The molecule has 0 unspecified atom stereocenters. The number of aryl methyl sites for hydroxylation is 1. The summed E-state index contributed by atoms with van der Waals surface area (Å²) in [4.78, 5) is 0. The number of hydrogen-bond donors (Lipinski definition) is 2. The van der Waals surface area contributed by atoms with Crippen molar-refractivity contribution in [3.8, 4) is 5.75 Å². The molecular formula is C17H18F2N2OS. The highest BCUT2D eigenvalue weighted by molar-refractivity contribution is 7.80. The Morgan fingerprint density at radius 3 is 2.35 bits per heavy atom. The van der Waals surface area contributed by atoms with E-state index in [1.807, 2.05) is 38.1 Å². The van der Waals surface area contributed by atoms with Crippen LogP contribution < -0.4 is 15.4 Å². The number of para-hydroxylation sites is 1. The number of ether oxygens (including phenoxy) is 1. The zero-order chi connectivity index (χ0) is 16.8. The fourth-order valence-corrected chi connectivity index (χ4v) is 2.19. The number of hydrogen-bond acceptors (Lipinski definition) is 2. The molecule has 0 aliphatic carbocycles. The van der Waals surface area contributed by atoms with Gasteiger partial charge in [-0.1, -0.05) is 23.8 Å². The minimum atomic E-state index is -0.697. The molecule has 0 aliphatic rings. The maximum atomic E-state index is 13.5. The van der Waals surface area contributed by atoms with Gasteiger partial charge >= 0.3 is 0 Å². The van der Waals surface area contributed by atoms with Gasteiger partial charge < -0.3 is 15.4 Å². The summed E-state index contributed by atoms with van der Waals surface area (Å²) in [6.07, 6.45) is 0. The summed E-state index contributed by atoms with van der Waals surface area (Å²) in [5.41, 5.74) is 0.887. The van der Waals surface area contributed by atoms with Crippen molar-refractivity contribution in [1.29, 1.82) is 0 Å². The van der Waals surface area contributed by atoms with Gasteiger partial charge in [0, 0.05) is 0 Å². The molecule has 0 saturated heterocycles. The largest absolute Gasteiger partial charge is 0.491 e. The molecule has 0 bridgehead atoms. The average Bonchev–Trinajstić information content (AvgIpc) is 2.50. The van der Waals surface area contributed by atoms with E-state index in [0.29, 0.717) is 6.61 Å². The molecule has 2 aromatic carbocycles. The molecule has 2 N–H and O–H groups in total. The van der Waals surface area contributed by atoms with Crippen molar-refractivity contribution in [2.75, 3.05) is 11.9 Å². The molecule has 1 atom stereocenters. The Labute approximate surface area is 139 Å². The van der Waals surface area contributed by atoms with Crippen molar-refractivity contribution in [2.24, 2.45) is 0 Å². The van der Waals surface area contributed by atoms with Gasteiger partial charge in [0.15, 0.2) is 5.11 Å². The molecule has 0 aliphatic heterocycles. The minimum Gasteiger partial charge on any atom is -0.491 e. The third kappa shape index (κ3) is 5.17. The van der Waals surface area contributed by atoms with Crippen LogP contribution in [0.4, 0.5) is 14.5 Å². The fraction of sp³-hybridized carbons (Fsp3) is 0.235. The number of thiocarbonyl (C=S) groups is 1. The lowest BCUT2D eigenvalue weighted by atomic mass is 10.2. The average molecular weight is 336 g/mol. The Morgan fingerprint density at radius 1 is 1.13 bits per heavy atom. The molecule has 23 heavy (non-hydrogen) atoms. The zero-order valence-electron chi connectivity index (χ0n) is 12.9. The van der Waals surface area contributed by atoms with E-state index >= 15 is 0 Å². The van der Waals surface area contributed by atoms with Crippen LogP contribution in [0.1, 0.15) is 12.5 Å². The first-order chi connectivity index (χ1) is 11.0. The number of halogens is 2. The molecule has 0 fully saturated rings. The molecule has 3 nitrogen and oxygen atoms in total. The number of benzene rings is 2. The highest BCUT2D eigenvalue weighted by atomic mass is 32.1. The van der Waals surface area contributed by atoms with Crippen LogP contribution in [0.2, 0.25) is 0 Å². The van der Waals surface area contributed by atoms with Crippen LogP contribution >= 0.6 is 12.2 Å². The predicted molar refractivity (Wildman–Crippen MR) is 91.9 cm³/mol. The van der Waals surface area contributed by atoms with Crippen molar-refractivity contribution in [3.63, 3.8) is 0 Å². The smallest absolute Gasteiger partial charge is 0.171 e. The first kappa shape index (κ1) is 17.1. The molecule has 0 amide bonds. The molecule has 0 spiro atoms. The minimum absolute atomic E-state index is 0.133. The molecule has 2 rings (SSSR count). The lowest BCUT2D eigenvalue weighted by molar-refractivity contribution is 0.287. The normalized spacial score (nSPS) is 11.7. The van der Waals surface area contributed by atoms with Crippen LogP contribution in [0.15, 0.2) is 42.5 Å². The van der Waals surface area contributed by atoms with Crippen LogP contribution in [-0.4, -0.2) is 17.8 Å². The Balaban J connectivity index is 1.84. The van der Waals surface area contributed by atoms with Gasteiger partial charge in [0.1, 0.15) is 29.7 Å². The molecule has 122 valence electrons. The molecule has 0 heterocycles. The van der Waals surface area contributed by atoms with Gasteiger partial charge in [-0.25, -0.2) is 8.78 Å². The maximum absolute atomic E-state index is 13.5. The standard InChI is InChI=1S/C17H18F2N2OS/c1-11-6-8-13(9-7-11)22-10-12(2)20-17(23)21-16-14(18)4-3-5-15(16)19/h3-9,12H,10H2,1-2H3,(H2,20,21,23)/t12-/m0/s1. The summed E-state index contributed by atoms with van der Waals surface area (Å²) < 4.78 is 32.7. The SMILES string of the molecule is Cc1ccc(OC[C@H](C)NC(=S)Nc2c(F)cccc2F)cc1. The van der Waals surface area contributed by atoms with E-state index < -0.39 is 11.6 Å². The monoisotopic (exact) mass is 336 g/mol. The van der Waals surface area contributed by atoms with Crippen LogP contribution in [0.25, 0.3) is 0 Å². The topological polar surface area (TPSA) is 33.3 Å². The van der Waals surface area contributed by atoms with Crippen molar-refractivity contribution < 1.29 is 13.5 Å². The van der Waals surface area contributed by atoms with Gasteiger partial charge in [-0.2, -0.15) is 0 Å². The second-order valence-corrected chi connectivity index (χ2v) is 5.63. The van der Waals surface area contributed by atoms with Gasteiger partial charge in [0.25, 0.3) is 0 Å². The Hall–Kier alpha value is -2.21. The molecule has 2 aromatic rings. The highest BCUT2D eigenvalue weighted by Crippen LogP contribution is 2.17. The van der Waals surface area contributed by atoms with Gasteiger partial charge in [-0.05, 0) is 50.3 Å². The number of rotatable bonds is 5. The summed E-state index contributed by atoms with van der Waals surface area (Å²) in [6.45, 7) is 4.23. The van der Waals surface area contributed by atoms with E-state index in [1.165, 1.54) is 6.07 Å². The second kappa shape index (κ2) is 7.87. The Kier molecular flexibility index (Phi) is 5.87. The second-order valence-electron chi connectivity index (χ2n) is 5.22. The summed E-state index contributed by atoms with van der Waals surface area (Å²) in [6, 6.07) is 11.2. The fourth-order valence-electron chi connectivity index (χ4n) is 1.89. The van der Waals surface area contributed by atoms with Gasteiger partial charge in [-0.3, -0.25) is 0 Å². The lowest BCUT2D eigenvalue weighted by Crippen LogP contribution is -2.39. The van der Waals surface area contributed by atoms with Crippen molar-refractivity contribution in [1.82, 2.24) is 5.32 Å². The first-order valence-corrected chi connectivity index (χ1v) is 7.57. The van der Waals surface area contributed by atoms with Gasteiger partial charge in [0.05, 0.1) is 6.04 Å². The number of nitrogens with one attached hydrogen (secondary N) is 2. The van der Waals surface area contributed by atoms with Crippen LogP contribution in [-0.2, 0) is 0 Å².